The molecule has 2 unspecified atom stereocenters. The average molecular weight is 467 g/mol. The summed E-state index contributed by atoms with van der Waals surface area (Å²) < 4.78 is 13.7. The number of para-hydroxylation sites is 1. The van der Waals surface area contributed by atoms with Gasteiger partial charge in [0.1, 0.15) is 5.82 Å². The zero-order chi connectivity index (χ0) is 23.9. The number of carbonyl (C=O) groups excluding carboxylic acids is 1. The fraction of sp³-hybridized carbons (Fsp3) is 0.276. The van der Waals surface area contributed by atoms with Crippen LogP contribution in [0.15, 0.2) is 72.9 Å². The van der Waals surface area contributed by atoms with E-state index in [-0.39, 0.29) is 11.7 Å². The predicted molar refractivity (Wildman–Crippen MR) is 136 cm³/mol. The molecule has 3 aromatic carbocycles. The third kappa shape index (κ3) is 4.14. The molecule has 0 N–H and O–H groups in total. The summed E-state index contributed by atoms with van der Waals surface area (Å²) in [6.07, 6.45) is 3.01. The van der Waals surface area contributed by atoms with Crippen molar-refractivity contribution >= 4 is 22.8 Å². The van der Waals surface area contributed by atoms with Crippen LogP contribution in [0.5, 0.6) is 0 Å². The highest BCUT2D eigenvalue weighted by Gasteiger charge is 2.37. The van der Waals surface area contributed by atoms with Crippen LogP contribution in [-0.4, -0.2) is 47.0 Å². The van der Waals surface area contributed by atoms with Crippen LogP contribution in [0.4, 0.5) is 10.3 Å². The Morgan fingerprint density at radius 1 is 0.914 bits per heavy atom. The first-order chi connectivity index (χ1) is 17.0. The number of hydrogen-bond donors (Lipinski definition) is 0. The standard InChI is InChI=1S/C29H27FN4O/c1-19-12-23(30)10-11-24(19)25-7-3-4-8-26(25)28(35)33-15-20-13-21(16-33)18-34(17-20)29-31-14-22-6-2-5-9-27(22)32-29/h2-12,14,20-21H,13,15-18H2,1H3. The van der Waals surface area contributed by atoms with Crippen molar-refractivity contribution in [3.63, 3.8) is 0 Å². The summed E-state index contributed by atoms with van der Waals surface area (Å²) in [5.74, 6) is 1.31. The van der Waals surface area contributed by atoms with E-state index in [9.17, 15) is 9.18 Å². The first-order valence-corrected chi connectivity index (χ1v) is 12.2. The molecule has 5 nitrogen and oxygen atoms in total. The monoisotopic (exact) mass is 466 g/mol. The van der Waals surface area contributed by atoms with Crippen LogP contribution in [0.1, 0.15) is 22.3 Å². The van der Waals surface area contributed by atoms with E-state index >= 15 is 0 Å². The first-order valence-electron chi connectivity index (χ1n) is 12.2. The van der Waals surface area contributed by atoms with E-state index in [1.165, 1.54) is 12.1 Å². The summed E-state index contributed by atoms with van der Waals surface area (Å²) in [6.45, 7) is 5.01. The van der Waals surface area contributed by atoms with Crippen molar-refractivity contribution in [1.82, 2.24) is 14.9 Å². The number of nitrogens with zero attached hydrogens (tertiary/aromatic N) is 4. The van der Waals surface area contributed by atoms with E-state index in [1.807, 2.05) is 66.6 Å². The number of anilines is 1. The van der Waals surface area contributed by atoms with Gasteiger partial charge in [-0.3, -0.25) is 4.79 Å². The van der Waals surface area contributed by atoms with Crippen molar-refractivity contribution in [3.05, 3.63) is 89.9 Å². The zero-order valence-electron chi connectivity index (χ0n) is 19.7. The zero-order valence-corrected chi connectivity index (χ0v) is 19.7. The Balaban J connectivity index is 1.23. The Kier molecular flexibility index (Phi) is 5.44. The van der Waals surface area contributed by atoms with Crippen LogP contribution in [-0.2, 0) is 0 Å². The van der Waals surface area contributed by atoms with Crippen LogP contribution in [0.3, 0.4) is 0 Å². The van der Waals surface area contributed by atoms with Gasteiger partial charge in [0.25, 0.3) is 5.91 Å². The number of amides is 1. The van der Waals surface area contributed by atoms with E-state index in [0.717, 1.165) is 66.1 Å². The average Bonchev–Trinajstić information content (AvgIpc) is 2.87. The molecule has 3 heterocycles. The Morgan fingerprint density at radius 2 is 1.66 bits per heavy atom. The molecule has 0 radical (unpaired) electrons. The number of piperidine rings is 2. The number of benzene rings is 3. The van der Waals surface area contributed by atoms with E-state index < -0.39 is 0 Å². The molecule has 2 bridgehead atoms. The lowest BCUT2D eigenvalue weighted by molar-refractivity contribution is 0.0564. The van der Waals surface area contributed by atoms with E-state index in [2.05, 4.69) is 9.88 Å². The molecule has 1 aromatic heterocycles. The molecular weight excluding hydrogens is 439 g/mol. The van der Waals surface area contributed by atoms with Crippen molar-refractivity contribution in [2.24, 2.45) is 11.8 Å². The van der Waals surface area contributed by atoms with Crippen LogP contribution < -0.4 is 4.90 Å². The summed E-state index contributed by atoms with van der Waals surface area (Å²) in [5, 5.41) is 1.04. The van der Waals surface area contributed by atoms with Gasteiger partial charge in [0.15, 0.2) is 0 Å². The number of halogens is 1. The molecule has 176 valence electrons. The predicted octanol–water partition coefficient (Wildman–Crippen LogP) is 5.34. The summed E-state index contributed by atoms with van der Waals surface area (Å²) in [6, 6.07) is 20.5. The second-order valence-corrected chi connectivity index (χ2v) is 9.82. The minimum Gasteiger partial charge on any atom is -0.340 e. The summed E-state index contributed by atoms with van der Waals surface area (Å²) >= 11 is 0. The number of likely N-dealkylation sites (tertiary alicyclic amines) is 1. The number of fused-ring (bicyclic) bond motifs is 3. The highest BCUT2D eigenvalue weighted by atomic mass is 19.1. The third-order valence-corrected chi connectivity index (χ3v) is 7.26. The Bertz CT molecular complexity index is 1410. The fourth-order valence-electron chi connectivity index (χ4n) is 5.73. The highest BCUT2D eigenvalue weighted by Crippen LogP contribution is 2.33. The van der Waals surface area contributed by atoms with Gasteiger partial charge in [-0.25, -0.2) is 14.4 Å². The van der Waals surface area contributed by atoms with Gasteiger partial charge >= 0.3 is 0 Å². The molecular formula is C29H27FN4O. The maximum absolute atomic E-state index is 13.7. The first kappa shape index (κ1) is 21.7. The summed E-state index contributed by atoms with van der Waals surface area (Å²) in [5.41, 5.74) is 4.21. The smallest absolute Gasteiger partial charge is 0.254 e. The fourth-order valence-corrected chi connectivity index (χ4v) is 5.73. The van der Waals surface area contributed by atoms with E-state index in [4.69, 9.17) is 4.98 Å². The van der Waals surface area contributed by atoms with Gasteiger partial charge in [-0.2, -0.15) is 0 Å². The van der Waals surface area contributed by atoms with Crippen LogP contribution in [0, 0.1) is 24.6 Å². The second kappa shape index (κ2) is 8.77. The van der Waals surface area contributed by atoms with E-state index in [1.54, 1.807) is 6.07 Å². The number of carbonyl (C=O) groups is 1. The number of aryl methyl sites for hydroxylation is 1. The van der Waals surface area contributed by atoms with Gasteiger partial charge in [0.05, 0.1) is 5.52 Å². The molecule has 2 aliphatic rings. The highest BCUT2D eigenvalue weighted by molar-refractivity contribution is 6.01. The van der Waals surface area contributed by atoms with Gasteiger partial charge in [-0.05, 0) is 66.1 Å². The summed E-state index contributed by atoms with van der Waals surface area (Å²) in [7, 11) is 0. The molecule has 2 atom stereocenters. The maximum Gasteiger partial charge on any atom is 0.254 e. The quantitative estimate of drug-likeness (QED) is 0.409. The van der Waals surface area contributed by atoms with Gasteiger partial charge < -0.3 is 9.80 Å². The lowest BCUT2D eigenvalue weighted by Crippen LogP contribution is -2.54. The topological polar surface area (TPSA) is 49.3 Å². The normalized spacial score (nSPS) is 19.7. The van der Waals surface area contributed by atoms with E-state index in [0.29, 0.717) is 17.4 Å². The molecule has 0 aliphatic carbocycles. The molecule has 2 saturated heterocycles. The lowest BCUT2D eigenvalue weighted by Gasteiger charge is -2.46. The molecule has 4 aromatic rings. The minimum atomic E-state index is -0.265. The largest absolute Gasteiger partial charge is 0.340 e. The van der Waals surface area contributed by atoms with Gasteiger partial charge in [0.2, 0.25) is 5.95 Å². The maximum atomic E-state index is 13.7. The number of aromatic nitrogens is 2. The van der Waals surface area contributed by atoms with Gasteiger partial charge in [-0.15, -0.1) is 0 Å². The van der Waals surface area contributed by atoms with Crippen LogP contribution in [0.25, 0.3) is 22.0 Å². The van der Waals surface area contributed by atoms with Crippen molar-refractivity contribution in [2.75, 3.05) is 31.1 Å². The minimum absolute atomic E-state index is 0.0504. The van der Waals surface area contributed by atoms with Gasteiger partial charge in [0, 0.05) is 43.3 Å². The van der Waals surface area contributed by atoms with Crippen molar-refractivity contribution < 1.29 is 9.18 Å². The Labute approximate surface area is 204 Å². The molecule has 6 rings (SSSR count). The third-order valence-electron chi connectivity index (χ3n) is 7.26. The Hall–Kier alpha value is -3.80. The van der Waals surface area contributed by atoms with Gasteiger partial charge in [-0.1, -0.05) is 42.5 Å². The molecule has 0 spiro atoms. The molecule has 0 saturated carbocycles. The number of rotatable bonds is 3. The van der Waals surface area contributed by atoms with Crippen molar-refractivity contribution in [1.29, 1.82) is 0 Å². The van der Waals surface area contributed by atoms with Crippen LogP contribution >= 0.6 is 0 Å². The second-order valence-electron chi connectivity index (χ2n) is 9.82. The van der Waals surface area contributed by atoms with Crippen LogP contribution in [0.2, 0.25) is 0 Å². The molecule has 1 amide bonds. The number of hydrogen-bond acceptors (Lipinski definition) is 4. The van der Waals surface area contributed by atoms with Crippen molar-refractivity contribution in [2.45, 2.75) is 13.3 Å². The Morgan fingerprint density at radius 3 is 2.46 bits per heavy atom. The molecule has 2 fully saturated rings. The molecule has 2 aliphatic heterocycles. The SMILES string of the molecule is Cc1cc(F)ccc1-c1ccccc1C(=O)N1CC2CC(C1)CN(c1ncc3ccccc3n1)C2. The lowest BCUT2D eigenvalue weighted by atomic mass is 9.84. The molecule has 6 heteroatoms. The summed E-state index contributed by atoms with van der Waals surface area (Å²) in [4.78, 5) is 27.4. The van der Waals surface area contributed by atoms with Crippen molar-refractivity contribution in [3.8, 4) is 11.1 Å². The molecule has 35 heavy (non-hydrogen) atoms.